The van der Waals surface area contributed by atoms with Gasteiger partial charge in [0.05, 0.1) is 0 Å². The van der Waals surface area contributed by atoms with E-state index in [1.54, 1.807) is 0 Å². The summed E-state index contributed by atoms with van der Waals surface area (Å²) in [6.07, 6.45) is 12.8. The Kier molecular flexibility index (Phi) is 10.3. The minimum atomic E-state index is -0.0687. The zero-order chi connectivity index (χ0) is 23.7. The molecule has 0 aliphatic heterocycles. The van der Waals surface area contributed by atoms with Gasteiger partial charge in [0.1, 0.15) is 0 Å². The van der Waals surface area contributed by atoms with Gasteiger partial charge in [-0.2, -0.15) is 0 Å². The molecule has 31 heavy (non-hydrogen) atoms. The number of rotatable bonds is 11. The molecule has 0 radical (unpaired) electrons. The Bertz CT molecular complexity index is 824. The molecule has 0 bridgehead atoms. The fraction of sp³-hybridized carbons (Fsp3) is 0.467. The normalized spacial score (nSPS) is 15.4. The predicted octanol–water partition coefficient (Wildman–Crippen LogP) is 8.95. The van der Waals surface area contributed by atoms with Crippen LogP contribution in [0.4, 0.5) is 0 Å². The van der Waals surface area contributed by atoms with Gasteiger partial charge in [0.15, 0.2) is 0 Å². The van der Waals surface area contributed by atoms with Gasteiger partial charge in [-0.05, 0) is 79.5 Å². The van der Waals surface area contributed by atoms with Crippen molar-refractivity contribution in [1.82, 2.24) is 5.32 Å². The van der Waals surface area contributed by atoms with Crippen LogP contribution in [0.2, 0.25) is 0 Å². The molecule has 1 N–H and O–H groups in total. The Morgan fingerprint density at radius 2 is 1.68 bits per heavy atom. The Hall–Kier alpha value is -2.28. The molecule has 0 aliphatic rings. The van der Waals surface area contributed by atoms with Crippen LogP contribution in [0.25, 0.3) is 5.57 Å². The lowest BCUT2D eigenvalue weighted by Gasteiger charge is -2.34. The molecular weight excluding hydrogens is 374 g/mol. The lowest BCUT2D eigenvalue weighted by atomic mass is 9.76. The molecule has 1 aromatic carbocycles. The molecule has 0 saturated carbocycles. The number of benzene rings is 1. The first-order chi connectivity index (χ1) is 14.5. The first-order valence-corrected chi connectivity index (χ1v) is 11.7. The number of hydrogen-bond donors (Lipinski definition) is 1. The van der Waals surface area contributed by atoms with E-state index in [4.69, 9.17) is 0 Å². The second-order valence-electron chi connectivity index (χ2n) is 9.99. The van der Waals surface area contributed by atoms with Crippen molar-refractivity contribution in [3.05, 3.63) is 89.7 Å². The average molecular weight is 420 g/mol. The Morgan fingerprint density at radius 3 is 2.16 bits per heavy atom. The molecule has 0 spiro atoms. The van der Waals surface area contributed by atoms with Crippen LogP contribution in [-0.4, -0.2) is 5.54 Å². The summed E-state index contributed by atoms with van der Waals surface area (Å²) in [7, 11) is 0. The zero-order valence-electron chi connectivity index (χ0n) is 21.4. The molecule has 170 valence electrons. The van der Waals surface area contributed by atoms with Crippen molar-refractivity contribution in [2.75, 3.05) is 0 Å². The van der Waals surface area contributed by atoms with E-state index >= 15 is 0 Å². The molecule has 1 nitrogen and oxygen atoms in total. The SMILES string of the molecule is C=CNC(C)(CC)C/C(C(=C)/C=C/CCC)=C(/C=C(\C)c1ccc(C)cc1)C(C)(C)C. The van der Waals surface area contributed by atoms with E-state index in [0.29, 0.717) is 0 Å². The first-order valence-electron chi connectivity index (χ1n) is 11.7. The molecule has 0 aromatic heterocycles. The third-order valence-corrected chi connectivity index (χ3v) is 5.96. The highest BCUT2D eigenvalue weighted by Crippen LogP contribution is 2.38. The van der Waals surface area contributed by atoms with Crippen LogP contribution in [0.5, 0.6) is 0 Å². The van der Waals surface area contributed by atoms with E-state index in [-0.39, 0.29) is 11.0 Å². The second kappa shape index (κ2) is 11.9. The van der Waals surface area contributed by atoms with Gasteiger partial charge in [-0.15, -0.1) is 0 Å². The van der Waals surface area contributed by atoms with Gasteiger partial charge in [-0.3, -0.25) is 0 Å². The molecular formula is C30H45N. The van der Waals surface area contributed by atoms with Crippen LogP contribution in [0.15, 0.2) is 78.6 Å². The van der Waals surface area contributed by atoms with E-state index in [0.717, 1.165) is 31.3 Å². The number of allylic oxidation sites excluding steroid dienone is 6. The minimum absolute atomic E-state index is 0.00828. The highest BCUT2D eigenvalue weighted by molar-refractivity contribution is 5.68. The number of aryl methyl sites for hydroxylation is 1. The van der Waals surface area contributed by atoms with E-state index < -0.39 is 0 Å². The lowest BCUT2D eigenvalue weighted by Crippen LogP contribution is -2.39. The molecule has 1 heteroatoms. The van der Waals surface area contributed by atoms with Crippen LogP contribution >= 0.6 is 0 Å². The third-order valence-electron chi connectivity index (χ3n) is 5.96. The minimum Gasteiger partial charge on any atom is -0.386 e. The van der Waals surface area contributed by atoms with Gasteiger partial charge >= 0.3 is 0 Å². The van der Waals surface area contributed by atoms with Crippen molar-refractivity contribution in [1.29, 1.82) is 0 Å². The molecule has 1 unspecified atom stereocenters. The van der Waals surface area contributed by atoms with Gasteiger partial charge < -0.3 is 5.32 Å². The molecule has 0 fully saturated rings. The molecule has 1 atom stereocenters. The fourth-order valence-corrected chi connectivity index (χ4v) is 3.66. The van der Waals surface area contributed by atoms with Crippen molar-refractivity contribution in [3.63, 3.8) is 0 Å². The summed E-state index contributed by atoms with van der Waals surface area (Å²) >= 11 is 0. The maximum Gasteiger partial charge on any atom is 0.0377 e. The summed E-state index contributed by atoms with van der Waals surface area (Å²) in [6, 6.07) is 8.80. The van der Waals surface area contributed by atoms with E-state index in [1.807, 2.05) is 6.20 Å². The molecule has 0 aliphatic carbocycles. The molecule has 1 rings (SSSR count). The third kappa shape index (κ3) is 8.40. The Balaban J connectivity index is 3.68. The van der Waals surface area contributed by atoms with E-state index in [2.05, 4.69) is 116 Å². The molecule has 1 aromatic rings. The summed E-state index contributed by atoms with van der Waals surface area (Å²) in [5.41, 5.74) is 7.53. The van der Waals surface area contributed by atoms with Crippen molar-refractivity contribution >= 4 is 5.57 Å². The average Bonchev–Trinajstić information content (AvgIpc) is 2.70. The molecule has 0 saturated heterocycles. The Morgan fingerprint density at radius 1 is 1.06 bits per heavy atom. The monoisotopic (exact) mass is 419 g/mol. The smallest absolute Gasteiger partial charge is 0.0377 e. The number of unbranched alkanes of at least 4 members (excludes halogenated alkanes) is 1. The molecule has 0 amide bonds. The standard InChI is InChI=1S/C30H45N/c1-11-14-15-16-24(5)27(22-30(10,12-2)31-13-3)28(29(7,8)9)21-25(6)26-19-17-23(4)18-20-26/h13,15-21,31H,3,5,11-12,14,22H2,1-2,4,6-10H3/b16-15+,25-21+,28-27+. The number of nitrogens with one attached hydrogen (secondary N) is 1. The van der Waals surface area contributed by atoms with Gasteiger partial charge in [-0.25, -0.2) is 0 Å². The van der Waals surface area contributed by atoms with Gasteiger partial charge in [-0.1, -0.05) is 102 Å². The van der Waals surface area contributed by atoms with Gasteiger partial charge in [0, 0.05) is 5.54 Å². The van der Waals surface area contributed by atoms with E-state index in [1.165, 1.54) is 27.8 Å². The summed E-state index contributed by atoms with van der Waals surface area (Å²) < 4.78 is 0. The zero-order valence-corrected chi connectivity index (χ0v) is 21.4. The maximum absolute atomic E-state index is 4.50. The van der Waals surface area contributed by atoms with Crippen molar-refractivity contribution in [2.45, 2.75) is 86.6 Å². The summed E-state index contributed by atoms with van der Waals surface area (Å²) in [6.45, 7) is 26.4. The van der Waals surface area contributed by atoms with Gasteiger partial charge in [0.2, 0.25) is 0 Å². The second-order valence-corrected chi connectivity index (χ2v) is 9.99. The first kappa shape index (κ1) is 26.8. The topological polar surface area (TPSA) is 12.0 Å². The Labute approximate surface area is 192 Å². The molecule has 0 heterocycles. The highest BCUT2D eigenvalue weighted by atomic mass is 14.9. The van der Waals surface area contributed by atoms with E-state index in [9.17, 15) is 0 Å². The summed E-state index contributed by atoms with van der Waals surface area (Å²) in [5.74, 6) is 0. The maximum atomic E-state index is 4.50. The fourth-order valence-electron chi connectivity index (χ4n) is 3.66. The van der Waals surface area contributed by atoms with Crippen LogP contribution in [0.3, 0.4) is 0 Å². The number of hydrogen-bond acceptors (Lipinski definition) is 1. The van der Waals surface area contributed by atoms with Crippen molar-refractivity contribution in [3.8, 4) is 0 Å². The van der Waals surface area contributed by atoms with Gasteiger partial charge in [0.25, 0.3) is 0 Å². The van der Waals surface area contributed by atoms with Crippen molar-refractivity contribution < 1.29 is 0 Å². The van der Waals surface area contributed by atoms with Crippen LogP contribution in [-0.2, 0) is 0 Å². The summed E-state index contributed by atoms with van der Waals surface area (Å²) in [5, 5.41) is 3.50. The van der Waals surface area contributed by atoms with Crippen LogP contribution < -0.4 is 5.32 Å². The van der Waals surface area contributed by atoms with Crippen LogP contribution in [0.1, 0.15) is 85.3 Å². The quantitative estimate of drug-likeness (QED) is 0.353. The lowest BCUT2D eigenvalue weighted by molar-refractivity contribution is 0.381. The van der Waals surface area contributed by atoms with Crippen molar-refractivity contribution in [2.24, 2.45) is 5.41 Å². The predicted molar refractivity (Wildman–Crippen MR) is 141 cm³/mol. The van der Waals surface area contributed by atoms with Crippen LogP contribution in [0, 0.1) is 12.3 Å². The summed E-state index contributed by atoms with van der Waals surface area (Å²) in [4.78, 5) is 0. The largest absolute Gasteiger partial charge is 0.386 e. The highest BCUT2D eigenvalue weighted by Gasteiger charge is 2.27.